The van der Waals surface area contributed by atoms with Crippen LogP contribution in [0.4, 0.5) is 11.4 Å². The number of anilines is 1. The Labute approximate surface area is 220 Å². The number of nitrogens with zero attached hydrogens (tertiary/aromatic N) is 2. The van der Waals surface area contributed by atoms with Crippen molar-refractivity contribution in [3.05, 3.63) is 103 Å². The van der Waals surface area contributed by atoms with Crippen LogP contribution in [0.5, 0.6) is 0 Å². The molecule has 3 heterocycles. The third-order valence-electron chi connectivity index (χ3n) is 7.84. The number of nitro groups is 1. The van der Waals surface area contributed by atoms with E-state index in [1.165, 1.54) is 6.07 Å². The first-order valence-corrected chi connectivity index (χ1v) is 12.9. The Kier molecular flexibility index (Phi) is 5.51. The van der Waals surface area contributed by atoms with Crippen LogP contribution in [0, 0.1) is 16.0 Å². The number of fused-ring (bicyclic) bond motifs is 4. The molecule has 4 atom stereocenters. The van der Waals surface area contributed by atoms with Crippen LogP contribution >= 0.6 is 27.5 Å². The summed E-state index contributed by atoms with van der Waals surface area (Å²) in [5.74, 6) is -1.64. The van der Waals surface area contributed by atoms with Crippen LogP contribution in [-0.4, -0.2) is 34.1 Å². The molecule has 0 aromatic heterocycles. The van der Waals surface area contributed by atoms with Gasteiger partial charge in [-0.05, 0) is 55.3 Å². The molecule has 1 N–H and O–H groups in total. The van der Waals surface area contributed by atoms with Crippen molar-refractivity contribution in [3.63, 3.8) is 0 Å². The zero-order valence-corrected chi connectivity index (χ0v) is 21.3. The van der Waals surface area contributed by atoms with Gasteiger partial charge in [0.05, 0.1) is 10.8 Å². The fourth-order valence-corrected chi connectivity index (χ4v) is 6.98. The van der Waals surface area contributed by atoms with Gasteiger partial charge in [-0.15, -0.1) is 0 Å². The molecule has 0 radical (unpaired) electrons. The van der Waals surface area contributed by atoms with Crippen LogP contribution in [0.25, 0.3) is 0 Å². The van der Waals surface area contributed by atoms with Gasteiger partial charge in [0.1, 0.15) is 5.54 Å². The maximum absolute atomic E-state index is 14.4. The molecule has 3 aromatic rings. The first-order chi connectivity index (χ1) is 17.3. The van der Waals surface area contributed by atoms with Crippen LogP contribution in [-0.2, 0) is 10.3 Å². The van der Waals surface area contributed by atoms with Crippen LogP contribution < -0.4 is 5.32 Å². The van der Waals surface area contributed by atoms with E-state index in [1.54, 1.807) is 54.6 Å². The van der Waals surface area contributed by atoms with E-state index in [2.05, 4.69) is 26.1 Å². The molecule has 3 aliphatic heterocycles. The molecular formula is C27H21BrClN3O4. The number of Topliss-reactive ketones (excluding diaryl/α,β-unsaturated/α-hetero) is 1. The van der Waals surface area contributed by atoms with Crippen LogP contribution in [0.1, 0.15) is 40.2 Å². The van der Waals surface area contributed by atoms with E-state index < -0.39 is 22.3 Å². The summed E-state index contributed by atoms with van der Waals surface area (Å²) in [4.78, 5) is 41.7. The Bertz CT molecular complexity index is 1430. The van der Waals surface area contributed by atoms with Gasteiger partial charge in [-0.3, -0.25) is 24.6 Å². The van der Waals surface area contributed by atoms with Crippen molar-refractivity contribution in [2.45, 2.75) is 30.3 Å². The molecule has 3 unspecified atom stereocenters. The topological polar surface area (TPSA) is 92.5 Å². The lowest BCUT2D eigenvalue weighted by Gasteiger charge is -2.37. The Balaban J connectivity index is 1.62. The van der Waals surface area contributed by atoms with Crippen molar-refractivity contribution in [2.75, 3.05) is 11.9 Å². The number of amides is 1. The summed E-state index contributed by atoms with van der Waals surface area (Å²) >= 11 is 9.85. The first-order valence-electron chi connectivity index (χ1n) is 11.7. The molecule has 0 bridgehead atoms. The number of benzene rings is 3. The van der Waals surface area contributed by atoms with Crippen molar-refractivity contribution in [1.29, 1.82) is 0 Å². The minimum atomic E-state index is -1.26. The van der Waals surface area contributed by atoms with Gasteiger partial charge in [-0.1, -0.05) is 51.8 Å². The molecule has 2 saturated heterocycles. The minimum absolute atomic E-state index is 0.0350. The summed E-state index contributed by atoms with van der Waals surface area (Å²) in [5, 5.41) is 15.1. The molecule has 9 heteroatoms. The highest BCUT2D eigenvalue weighted by Crippen LogP contribution is 2.61. The first kappa shape index (κ1) is 23.3. The molecule has 2 fully saturated rings. The van der Waals surface area contributed by atoms with Crippen LogP contribution in [0.2, 0.25) is 5.02 Å². The smallest absolute Gasteiger partial charge is 0.269 e. The number of hydrogen-bond donors (Lipinski definition) is 1. The average molecular weight is 567 g/mol. The highest BCUT2D eigenvalue weighted by molar-refractivity contribution is 9.10. The molecule has 1 amide bonds. The zero-order chi connectivity index (χ0) is 25.2. The second-order valence-electron chi connectivity index (χ2n) is 9.54. The minimum Gasteiger partial charge on any atom is -0.324 e. The molecule has 36 heavy (non-hydrogen) atoms. The Morgan fingerprint density at radius 3 is 2.67 bits per heavy atom. The summed E-state index contributed by atoms with van der Waals surface area (Å²) in [6.45, 7) is 0.638. The van der Waals surface area contributed by atoms with Gasteiger partial charge in [-0.2, -0.15) is 0 Å². The standard InChI is InChI=1S/C27H21BrClN3O4/c28-17-8-6-15(7-9-17)25(33)24-23(16-3-1-4-19(13-16)32(35)36)22-5-2-12-31(22)27(24)20-14-18(29)10-11-21(20)30-26(27)34/h1,3-4,6-11,13-14,22-24H,2,5,12H2,(H,30,34)/t22?,23?,24?,27-/m1/s1. The number of nitrogens with one attached hydrogen (secondary N) is 1. The maximum Gasteiger partial charge on any atom is 0.269 e. The third-order valence-corrected chi connectivity index (χ3v) is 8.60. The van der Waals surface area contributed by atoms with Crippen molar-refractivity contribution in [2.24, 2.45) is 5.92 Å². The summed E-state index contributed by atoms with van der Waals surface area (Å²) in [5.41, 5.74) is 1.21. The number of halogens is 2. The molecule has 182 valence electrons. The molecule has 7 nitrogen and oxygen atoms in total. The van der Waals surface area contributed by atoms with Gasteiger partial charge in [0.15, 0.2) is 5.78 Å². The van der Waals surface area contributed by atoms with Gasteiger partial charge in [0.25, 0.3) is 5.69 Å². The molecule has 6 rings (SSSR count). The highest BCUT2D eigenvalue weighted by Gasteiger charge is 2.69. The normalized spacial score (nSPS) is 26.6. The fourth-order valence-electron chi connectivity index (χ4n) is 6.55. The summed E-state index contributed by atoms with van der Waals surface area (Å²) < 4.78 is 0.840. The second kappa shape index (κ2) is 8.50. The highest BCUT2D eigenvalue weighted by atomic mass is 79.9. The van der Waals surface area contributed by atoms with Crippen molar-refractivity contribution < 1.29 is 14.5 Å². The lowest BCUT2D eigenvalue weighted by Crippen LogP contribution is -2.52. The van der Waals surface area contributed by atoms with E-state index in [0.717, 1.165) is 17.3 Å². The predicted octanol–water partition coefficient (Wildman–Crippen LogP) is 5.92. The number of carbonyl (C=O) groups excluding carboxylic acids is 2. The summed E-state index contributed by atoms with van der Waals surface area (Å²) in [6, 6.07) is 18.7. The van der Waals surface area contributed by atoms with E-state index in [9.17, 15) is 19.7 Å². The molecular weight excluding hydrogens is 546 g/mol. The summed E-state index contributed by atoms with van der Waals surface area (Å²) in [7, 11) is 0. The Morgan fingerprint density at radius 1 is 1.14 bits per heavy atom. The SMILES string of the molecule is O=C(c1ccc(Br)cc1)C1C(c2cccc([N+](=O)[O-])c2)C2CCCN2[C@@]12C(=O)Nc1ccc(Cl)cc12. The van der Waals surface area contributed by atoms with Crippen LogP contribution in [0.3, 0.4) is 0 Å². The number of hydrogen-bond acceptors (Lipinski definition) is 5. The largest absolute Gasteiger partial charge is 0.324 e. The molecule has 3 aromatic carbocycles. The van der Waals surface area contributed by atoms with E-state index in [-0.39, 0.29) is 23.4 Å². The molecule has 3 aliphatic rings. The van der Waals surface area contributed by atoms with E-state index >= 15 is 0 Å². The van der Waals surface area contributed by atoms with E-state index in [4.69, 9.17) is 11.6 Å². The zero-order valence-electron chi connectivity index (χ0n) is 19.0. The van der Waals surface area contributed by atoms with Crippen molar-refractivity contribution in [1.82, 2.24) is 4.90 Å². The van der Waals surface area contributed by atoms with Gasteiger partial charge in [0.2, 0.25) is 5.91 Å². The number of rotatable bonds is 4. The molecule has 0 saturated carbocycles. The predicted molar refractivity (Wildman–Crippen MR) is 139 cm³/mol. The summed E-state index contributed by atoms with van der Waals surface area (Å²) in [6.07, 6.45) is 1.64. The van der Waals surface area contributed by atoms with Gasteiger partial charge >= 0.3 is 0 Å². The quantitative estimate of drug-likeness (QED) is 0.240. The van der Waals surface area contributed by atoms with E-state index in [0.29, 0.717) is 33.9 Å². The van der Waals surface area contributed by atoms with Crippen LogP contribution in [0.15, 0.2) is 71.2 Å². The average Bonchev–Trinajstić information content (AvgIpc) is 3.52. The second-order valence-corrected chi connectivity index (χ2v) is 10.9. The molecule has 1 spiro atoms. The number of nitro benzene ring substituents is 1. The number of ketones is 1. The van der Waals surface area contributed by atoms with Gasteiger partial charge in [-0.25, -0.2) is 0 Å². The lowest BCUT2D eigenvalue weighted by atomic mass is 9.68. The number of carbonyl (C=O) groups is 2. The van der Waals surface area contributed by atoms with Gasteiger partial charge < -0.3 is 5.32 Å². The van der Waals surface area contributed by atoms with Gasteiger partial charge in [0, 0.05) is 50.4 Å². The number of non-ortho nitro benzene ring substituents is 1. The van der Waals surface area contributed by atoms with Crippen molar-refractivity contribution in [3.8, 4) is 0 Å². The maximum atomic E-state index is 14.4. The molecule has 0 aliphatic carbocycles. The Morgan fingerprint density at radius 2 is 1.92 bits per heavy atom. The fraction of sp³-hybridized carbons (Fsp3) is 0.259. The van der Waals surface area contributed by atoms with Crippen molar-refractivity contribution >= 4 is 50.6 Å². The monoisotopic (exact) mass is 565 g/mol. The van der Waals surface area contributed by atoms with E-state index in [1.807, 2.05) is 6.07 Å². The Hall–Kier alpha value is -3.07. The third kappa shape index (κ3) is 3.28. The lowest BCUT2D eigenvalue weighted by molar-refractivity contribution is -0.384.